The van der Waals surface area contributed by atoms with Crippen molar-refractivity contribution in [3.8, 4) is 28.6 Å². The molecule has 232 valence electrons. The van der Waals surface area contributed by atoms with Gasteiger partial charge in [0.2, 0.25) is 0 Å². The third kappa shape index (κ3) is 7.03. The number of fused-ring (bicyclic) bond motifs is 1. The van der Waals surface area contributed by atoms with Gasteiger partial charge in [0.15, 0.2) is 17.3 Å². The first-order valence-corrected chi connectivity index (χ1v) is 15.9. The zero-order valence-corrected chi connectivity index (χ0v) is 28.6. The van der Waals surface area contributed by atoms with Crippen LogP contribution in [-0.2, 0) is 6.61 Å². The van der Waals surface area contributed by atoms with Crippen LogP contribution in [0.15, 0.2) is 81.1 Å². The van der Waals surface area contributed by atoms with E-state index in [2.05, 4.69) is 34.9 Å². The lowest BCUT2D eigenvalue weighted by molar-refractivity contribution is 0.267. The molecule has 5 aromatic rings. The lowest BCUT2D eigenvalue weighted by Crippen LogP contribution is -2.20. The van der Waals surface area contributed by atoms with Crippen molar-refractivity contribution >= 4 is 56.2 Å². The standard InChI is InChI=1S/C35H32BrCl2N3O4/c1-6-44-32-15-22(14-28(36)33(32)45-19-23-11-12-24(37)16-29(23)38)18-39-41-34(40-30-10-8-7-9-25(30)35(41)42)27-17-26(20(2)3)31(43-5)13-21(27)4/h7-18,20H,6,19H2,1-5H3. The molecule has 0 fully saturated rings. The maximum absolute atomic E-state index is 13.9. The summed E-state index contributed by atoms with van der Waals surface area (Å²) in [5.74, 6) is 2.43. The minimum Gasteiger partial charge on any atom is -0.496 e. The first-order chi connectivity index (χ1) is 21.6. The van der Waals surface area contributed by atoms with Crippen LogP contribution in [0.4, 0.5) is 0 Å². The van der Waals surface area contributed by atoms with E-state index in [0.29, 0.717) is 54.9 Å². The molecule has 0 amide bonds. The molecule has 0 aliphatic carbocycles. The van der Waals surface area contributed by atoms with E-state index in [9.17, 15) is 4.79 Å². The average Bonchev–Trinajstić information content (AvgIpc) is 3.01. The lowest BCUT2D eigenvalue weighted by atomic mass is 9.96. The number of nitrogens with zero attached hydrogens (tertiary/aromatic N) is 3. The SMILES string of the molecule is CCOc1cc(C=Nn2c(-c3cc(C(C)C)c(OC)cc3C)nc3ccccc3c2=O)cc(Br)c1OCc1ccc(Cl)cc1Cl. The number of halogens is 3. The second kappa shape index (κ2) is 14.1. The van der Waals surface area contributed by atoms with Crippen LogP contribution < -0.4 is 19.8 Å². The summed E-state index contributed by atoms with van der Waals surface area (Å²) in [6.07, 6.45) is 1.61. The van der Waals surface area contributed by atoms with E-state index < -0.39 is 0 Å². The van der Waals surface area contributed by atoms with Gasteiger partial charge in [-0.15, -0.1) is 0 Å². The fourth-order valence-electron chi connectivity index (χ4n) is 4.95. The zero-order chi connectivity index (χ0) is 32.2. The van der Waals surface area contributed by atoms with E-state index >= 15 is 0 Å². The van der Waals surface area contributed by atoms with Crippen LogP contribution in [-0.4, -0.2) is 29.6 Å². The number of para-hydroxylation sites is 1. The highest BCUT2D eigenvalue weighted by Crippen LogP contribution is 2.38. The van der Waals surface area contributed by atoms with E-state index in [0.717, 1.165) is 28.0 Å². The van der Waals surface area contributed by atoms with E-state index in [1.54, 1.807) is 31.5 Å². The Labute approximate surface area is 280 Å². The minimum atomic E-state index is -0.281. The van der Waals surface area contributed by atoms with E-state index in [-0.39, 0.29) is 18.1 Å². The number of aryl methyl sites for hydroxylation is 1. The van der Waals surface area contributed by atoms with Crippen molar-refractivity contribution in [2.45, 2.75) is 40.2 Å². The first kappa shape index (κ1) is 32.5. The zero-order valence-electron chi connectivity index (χ0n) is 25.5. The maximum atomic E-state index is 13.9. The summed E-state index contributed by atoms with van der Waals surface area (Å²) in [6.45, 7) is 8.69. The van der Waals surface area contributed by atoms with Crippen molar-refractivity contribution in [2.24, 2.45) is 5.10 Å². The smallest absolute Gasteiger partial charge is 0.282 e. The molecule has 10 heteroatoms. The van der Waals surface area contributed by atoms with Gasteiger partial charge in [0.1, 0.15) is 12.4 Å². The summed E-state index contributed by atoms with van der Waals surface area (Å²) in [5.41, 5.74) is 4.49. The highest BCUT2D eigenvalue weighted by Gasteiger charge is 2.19. The van der Waals surface area contributed by atoms with E-state index in [4.69, 9.17) is 42.4 Å². The molecule has 7 nitrogen and oxygen atoms in total. The summed E-state index contributed by atoms with van der Waals surface area (Å²) in [7, 11) is 1.66. The number of ether oxygens (including phenoxy) is 3. The van der Waals surface area contributed by atoms with Crippen molar-refractivity contribution in [3.63, 3.8) is 0 Å². The molecule has 0 atom stereocenters. The van der Waals surface area contributed by atoms with Crippen LogP contribution in [0.3, 0.4) is 0 Å². The molecule has 0 saturated carbocycles. The predicted molar refractivity (Wildman–Crippen MR) is 186 cm³/mol. The quantitative estimate of drug-likeness (QED) is 0.135. The maximum Gasteiger partial charge on any atom is 0.282 e. The largest absolute Gasteiger partial charge is 0.496 e. The molecule has 0 saturated heterocycles. The molecule has 45 heavy (non-hydrogen) atoms. The lowest BCUT2D eigenvalue weighted by Gasteiger charge is -2.17. The molecule has 0 aliphatic heterocycles. The summed E-state index contributed by atoms with van der Waals surface area (Å²) < 4.78 is 19.7. The van der Waals surface area contributed by atoms with E-state index in [1.807, 2.05) is 62.4 Å². The molecule has 4 aromatic carbocycles. The highest BCUT2D eigenvalue weighted by molar-refractivity contribution is 9.10. The number of aromatic nitrogens is 2. The van der Waals surface area contributed by atoms with Crippen molar-refractivity contribution < 1.29 is 14.2 Å². The molecule has 0 bridgehead atoms. The highest BCUT2D eigenvalue weighted by atomic mass is 79.9. The van der Waals surface area contributed by atoms with Crippen molar-refractivity contribution in [1.29, 1.82) is 0 Å². The van der Waals surface area contributed by atoms with Crippen LogP contribution in [0.1, 0.15) is 48.9 Å². The molecule has 0 aliphatic rings. The van der Waals surface area contributed by atoms with Crippen molar-refractivity contribution in [3.05, 3.63) is 114 Å². The normalized spacial score (nSPS) is 11.5. The molecule has 0 unspecified atom stereocenters. The van der Waals surface area contributed by atoms with Crippen LogP contribution in [0.2, 0.25) is 10.0 Å². The fourth-order valence-corrected chi connectivity index (χ4v) is 5.99. The summed E-state index contributed by atoms with van der Waals surface area (Å²) in [5, 5.41) is 6.21. The third-order valence-corrected chi connectivity index (χ3v) is 8.41. The van der Waals surface area contributed by atoms with Crippen molar-refractivity contribution in [1.82, 2.24) is 9.66 Å². The predicted octanol–water partition coefficient (Wildman–Crippen LogP) is 9.43. The third-order valence-electron chi connectivity index (χ3n) is 7.23. The molecule has 0 N–H and O–H groups in total. The number of rotatable bonds is 10. The van der Waals surface area contributed by atoms with E-state index in [1.165, 1.54) is 4.68 Å². The van der Waals surface area contributed by atoms with Crippen molar-refractivity contribution in [2.75, 3.05) is 13.7 Å². The second-order valence-electron chi connectivity index (χ2n) is 10.7. The van der Waals surface area contributed by atoms with Gasteiger partial charge in [-0.3, -0.25) is 4.79 Å². The van der Waals surface area contributed by atoms with Crippen LogP contribution in [0, 0.1) is 6.92 Å². The van der Waals surface area contributed by atoms with Crippen LogP contribution >= 0.6 is 39.1 Å². The molecule has 0 radical (unpaired) electrons. The Hall–Kier alpha value is -3.85. The molecule has 1 heterocycles. The summed E-state index contributed by atoms with van der Waals surface area (Å²) >= 11 is 16.0. The Kier molecular flexibility index (Phi) is 10.2. The monoisotopic (exact) mass is 707 g/mol. The molecule has 0 spiro atoms. The second-order valence-corrected chi connectivity index (χ2v) is 12.4. The van der Waals surface area contributed by atoms with Gasteiger partial charge in [-0.2, -0.15) is 9.78 Å². The number of methoxy groups -OCH3 is 1. The molecule has 5 rings (SSSR count). The molecular weight excluding hydrogens is 677 g/mol. The number of benzene rings is 4. The minimum absolute atomic E-state index is 0.189. The fraction of sp³-hybridized carbons (Fsp3) is 0.229. The van der Waals surface area contributed by atoms with Gasteiger partial charge in [-0.05, 0) is 101 Å². The molecular formula is C35H32BrCl2N3O4. The van der Waals surface area contributed by atoms with Gasteiger partial charge in [0.25, 0.3) is 5.56 Å². The van der Waals surface area contributed by atoms with Gasteiger partial charge >= 0.3 is 0 Å². The van der Waals surface area contributed by atoms with Crippen LogP contribution in [0.5, 0.6) is 17.2 Å². The number of hydrogen-bond donors (Lipinski definition) is 0. The van der Waals surface area contributed by atoms with Gasteiger partial charge in [0.05, 0.1) is 35.3 Å². The van der Waals surface area contributed by atoms with Gasteiger partial charge in [-0.25, -0.2) is 4.98 Å². The Morgan fingerprint density at radius 3 is 2.51 bits per heavy atom. The topological polar surface area (TPSA) is 74.9 Å². The first-order valence-electron chi connectivity index (χ1n) is 14.4. The number of hydrogen-bond acceptors (Lipinski definition) is 6. The Bertz CT molecular complexity index is 1970. The Morgan fingerprint density at radius 2 is 1.80 bits per heavy atom. The van der Waals surface area contributed by atoms with Gasteiger partial charge < -0.3 is 14.2 Å². The van der Waals surface area contributed by atoms with Gasteiger partial charge in [0, 0.05) is 21.2 Å². The molecule has 1 aromatic heterocycles. The summed E-state index contributed by atoms with van der Waals surface area (Å²) in [6, 6.07) is 20.2. The Balaban J connectivity index is 1.59. The summed E-state index contributed by atoms with van der Waals surface area (Å²) in [4.78, 5) is 18.8. The van der Waals surface area contributed by atoms with Gasteiger partial charge in [-0.1, -0.05) is 55.2 Å². The average molecular weight is 709 g/mol. The Morgan fingerprint density at radius 1 is 1.02 bits per heavy atom. The van der Waals surface area contributed by atoms with Crippen LogP contribution in [0.25, 0.3) is 22.3 Å².